The van der Waals surface area contributed by atoms with Crippen LogP contribution in [-0.2, 0) is 0 Å². The Bertz CT molecular complexity index is 1100. The Morgan fingerprint density at radius 2 is 1.96 bits per heavy atom. The largest absolute Gasteiger partial charge is 0.422 e. The minimum atomic E-state index is -0.509. The summed E-state index contributed by atoms with van der Waals surface area (Å²) in [5, 5.41) is 11.9. The fourth-order valence-corrected chi connectivity index (χ4v) is 3.33. The highest BCUT2D eigenvalue weighted by atomic mass is 32.1. The van der Waals surface area contributed by atoms with E-state index in [2.05, 4.69) is 4.98 Å². The SMILES string of the molecule is O=c1oc2ccc([N+](=O)[O-])cc2cc1-c1nc2ccccc2s1. The Labute approximate surface area is 132 Å². The van der Waals surface area contributed by atoms with Gasteiger partial charge in [0, 0.05) is 17.5 Å². The number of rotatable bonds is 2. The molecule has 0 N–H and O–H groups in total. The minimum absolute atomic E-state index is 0.0541. The van der Waals surface area contributed by atoms with E-state index < -0.39 is 10.5 Å². The maximum absolute atomic E-state index is 12.2. The van der Waals surface area contributed by atoms with Gasteiger partial charge in [0.15, 0.2) is 0 Å². The number of nitrogens with zero attached hydrogens (tertiary/aromatic N) is 2. The van der Waals surface area contributed by atoms with Gasteiger partial charge in [0.2, 0.25) is 0 Å². The normalized spacial score (nSPS) is 11.1. The highest BCUT2D eigenvalue weighted by molar-refractivity contribution is 7.21. The molecule has 112 valence electrons. The van der Waals surface area contributed by atoms with E-state index in [1.54, 1.807) is 6.07 Å². The summed E-state index contributed by atoms with van der Waals surface area (Å²) in [4.78, 5) is 27.0. The molecule has 0 aliphatic heterocycles. The Kier molecular flexibility index (Phi) is 2.95. The van der Waals surface area contributed by atoms with Crippen LogP contribution in [0.4, 0.5) is 5.69 Å². The first-order chi connectivity index (χ1) is 11.1. The van der Waals surface area contributed by atoms with Gasteiger partial charge in [-0.3, -0.25) is 10.1 Å². The van der Waals surface area contributed by atoms with Crippen LogP contribution in [0.2, 0.25) is 0 Å². The summed E-state index contributed by atoms with van der Waals surface area (Å²) < 4.78 is 6.23. The highest BCUT2D eigenvalue weighted by Gasteiger charge is 2.14. The number of fused-ring (bicyclic) bond motifs is 2. The van der Waals surface area contributed by atoms with Crippen LogP contribution >= 0.6 is 11.3 Å². The lowest BCUT2D eigenvalue weighted by Gasteiger charge is -1.99. The monoisotopic (exact) mass is 324 g/mol. The standard InChI is InChI=1S/C16H8N2O4S/c19-16-11(15-17-12-3-1-2-4-14(12)23-15)8-9-7-10(18(20)21)5-6-13(9)22-16/h1-8H. The predicted octanol–water partition coefficient (Wildman–Crippen LogP) is 3.98. The summed E-state index contributed by atoms with van der Waals surface area (Å²) in [6.07, 6.45) is 0. The molecule has 6 nitrogen and oxygen atoms in total. The van der Waals surface area contributed by atoms with Crippen molar-refractivity contribution in [2.45, 2.75) is 0 Å². The lowest BCUT2D eigenvalue weighted by molar-refractivity contribution is -0.384. The molecule has 0 saturated heterocycles. The van der Waals surface area contributed by atoms with Gasteiger partial charge in [-0.1, -0.05) is 12.1 Å². The van der Waals surface area contributed by atoms with Crippen LogP contribution in [0.15, 0.2) is 57.7 Å². The average molecular weight is 324 g/mol. The maximum atomic E-state index is 12.2. The number of thiazole rings is 1. The van der Waals surface area contributed by atoms with Gasteiger partial charge in [0.05, 0.1) is 20.7 Å². The van der Waals surface area contributed by atoms with Gasteiger partial charge in [-0.15, -0.1) is 11.3 Å². The van der Waals surface area contributed by atoms with E-state index in [1.165, 1.54) is 29.5 Å². The van der Waals surface area contributed by atoms with Crippen molar-refractivity contribution in [3.8, 4) is 10.6 Å². The second-order valence-corrected chi connectivity index (χ2v) is 5.94. The second kappa shape index (κ2) is 4.99. The minimum Gasteiger partial charge on any atom is -0.422 e. The van der Waals surface area contributed by atoms with E-state index in [0.717, 1.165) is 10.2 Å². The van der Waals surface area contributed by atoms with Gasteiger partial charge in [-0.25, -0.2) is 9.78 Å². The summed E-state index contributed by atoms with van der Waals surface area (Å²) in [5.74, 6) is 0. The Hall–Kier alpha value is -3.06. The summed E-state index contributed by atoms with van der Waals surface area (Å²) >= 11 is 1.38. The third-order valence-corrected chi connectivity index (χ3v) is 4.52. The summed E-state index contributed by atoms with van der Waals surface area (Å²) in [5.41, 5.74) is 0.850. The summed E-state index contributed by atoms with van der Waals surface area (Å²) in [7, 11) is 0. The fourth-order valence-electron chi connectivity index (χ4n) is 2.36. The molecule has 7 heteroatoms. The fraction of sp³-hybridized carbons (Fsp3) is 0. The third-order valence-electron chi connectivity index (χ3n) is 3.45. The van der Waals surface area contributed by atoms with Gasteiger partial charge in [-0.2, -0.15) is 0 Å². The van der Waals surface area contributed by atoms with Crippen molar-refractivity contribution in [1.29, 1.82) is 0 Å². The number of nitro benzene ring substituents is 1. The van der Waals surface area contributed by atoms with Gasteiger partial charge in [0.1, 0.15) is 10.6 Å². The first-order valence-corrected chi connectivity index (χ1v) is 7.52. The molecule has 0 bridgehead atoms. The summed E-state index contributed by atoms with van der Waals surface area (Å²) in [6, 6.07) is 13.3. The molecule has 0 amide bonds. The molecule has 2 aromatic carbocycles. The van der Waals surface area contributed by atoms with Crippen molar-refractivity contribution in [3.63, 3.8) is 0 Å². The van der Waals surface area contributed by atoms with Crippen LogP contribution in [-0.4, -0.2) is 9.91 Å². The third kappa shape index (κ3) is 2.27. The number of para-hydroxylation sites is 1. The van der Waals surface area contributed by atoms with Crippen molar-refractivity contribution in [1.82, 2.24) is 4.98 Å². The molecule has 4 rings (SSSR count). The molecule has 0 saturated carbocycles. The first-order valence-electron chi connectivity index (χ1n) is 6.70. The molecule has 23 heavy (non-hydrogen) atoms. The molecule has 4 aromatic rings. The Balaban J connectivity index is 1.96. The van der Waals surface area contributed by atoms with E-state index >= 15 is 0 Å². The zero-order valence-electron chi connectivity index (χ0n) is 11.6. The van der Waals surface area contributed by atoms with E-state index in [1.807, 2.05) is 24.3 Å². The zero-order valence-corrected chi connectivity index (χ0v) is 12.4. The maximum Gasteiger partial charge on any atom is 0.346 e. The lowest BCUT2D eigenvalue weighted by Crippen LogP contribution is -2.02. The highest BCUT2D eigenvalue weighted by Crippen LogP contribution is 2.30. The molecule has 0 aliphatic rings. The number of aromatic nitrogens is 1. The number of hydrogen-bond donors (Lipinski definition) is 0. The van der Waals surface area contributed by atoms with Crippen LogP contribution in [0, 0.1) is 10.1 Å². The topological polar surface area (TPSA) is 86.2 Å². The second-order valence-electron chi connectivity index (χ2n) is 4.91. The van der Waals surface area contributed by atoms with Crippen LogP contribution in [0.25, 0.3) is 31.8 Å². The van der Waals surface area contributed by atoms with Crippen LogP contribution in [0.1, 0.15) is 0 Å². The zero-order chi connectivity index (χ0) is 16.0. The molecule has 0 radical (unpaired) electrons. The van der Waals surface area contributed by atoms with Crippen LogP contribution in [0.5, 0.6) is 0 Å². The van der Waals surface area contributed by atoms with E-state index in [9.17, 15) is 14.9 Å². The Morgan fingerprint density at radius 1 is 1.13 bits per heavy atom. The molecule has 0 atom stereocenters. The Morgan fingerprint density at radius 3 is 2.74 bits per heavy atom. The van der Waals surface area contributed by atoms with Crippen LogP contribution < -0.4 is 5.63 Å². The molecular weight excluding hydrogens is 316 g/mol. The van der Waals surface area contributed by atoms with Gasteiger partial charge in [-0.05, 0) is 24.3 Å². The van der Waals surface area contributed by atoms with Crippen molar-refractivity contribution >= 4 is 38.2 Å². The van der Waals surface area contributed by atoms with Crippen molar-refractivity contribution in [2.75, 3.05) is 0 Å². The molecule has 2 heterocycles. The van der Waals surface area contributed by atoms with Gasteiger partial charge < -0.3 is 4.42 Å². The molecular formula is C16H8N2O4S. The first kappa shape index (κ1) is 13.6. The van der Waals surface area contributed by atoms with Crippen molar-refractivity contribution < 1.29 is 9.34 Å². The smallest absolute Gasteiger partial charge is 0.346 e. The van der Waals surface area contributed by atoms with E-state index in [-0.39, 0.29) is 5.69 Å². The number of non-ortho nitro benzene ring substituents is 1. The average Bonchev–Trinajstić information content (AvgIpc) is 2.97. The number of nitro groups is 1. The summed E-state index contributed by atoms with van der Waals surface area (Å²) in [6.45, 7) is 0. The quantitative estimate of drug-likeness (QED) is 0.316. The van der Waals surface area contributed by atoms with Crippen molar-refractivity contribution in [3.05, 3.63) is 69.1 Å². The molecule has 0 fully saturated rings. The van der Waals surface area contributed by atoms with Gasteiger partial charge >= 0.3 is 5.63 Å². The molecule has 0 spiro atoms. The van der Waals surface area contributed by atoms with Crippen molar-refractivity contribution in [2.24, 2.45) is 0 Å². The lowest BCUT2D eigenvalue weighted by atomic mass is 10.1. The van der Waals surface area contributed by atoms with E-state index in [4.69, 9.17) is 4.42 Å². The number of hydrogen-bond acceptors (Lipinski definition) is 6. The molecule has 2 aromatic heterocycles. The van der Waals surface area contributed by atoms with Gasteiger partial charge in [0.25, 0.3) is 5.69 Å². The van der Waals surface area contributed by atoms with Crippen LogP contribution in [0.3, 0.4) is 0 Å². The number of benzene rings is 2. The predicted molar refractivity (Wildman–Crippen MR) is 87.8 cm³/mol. The molecule has 0 unspecified atom stereocenters. The molecule has 0 aliphatic carbocycles. The van der Waals surface area contributed by atoms with E-state index in [0.29, 0.717) is 21.5 Å².